The first-order valence-corrected chi connectivity index (χ1v) is 6.09. The van der Waals surface area contributed by atoms with Crippen LogP contribution in [0, 0.1) is 12.8 Å². The Morgan fingerprint density at radius 1 is 1.61 bits per heavy atom. The predicted octanol–water partition coefficient (Wildman–Crippen LogP) is 1.05. The lowest BCUT2D eigenvalue weighted by Crippen LogP contribution is -2.29. The van der Waals surface area contributed by atoms with Crippen LogP contribution in [0.5, 0.6) is 0 Å². The number of H-pyrrole nitrogens is 1. The highest BCUT2D eigenvalue weighted by Crippen LogP contribution is 2.23. The van der Waals surface area contributed by atoms with Gasteiger partial charge in [0.2, 0.25) is 0 Å². The number of hydrogen-bond donors (Lipinski definition) is 2. The molecule has 1 unspecified atom stereocenters. The third kappa shape index (κ3) is 2.69. The Morgan fingerprint density at radius 3 is 3.00 bits per heavy atom. The highest BCUT2D eigenvalue weighted by molar-refractivity contribution is 5.95. The van der Waals surface area contributed by atoms with Gasteiger partial charge in [0, 0.05) is 25.2 Å². The van der Waals surface area contributed by atoms with Gasteiger partial charge in [-0.05, 0) is 25.7 Å². The molecule has 1 aliphatic rings. The number of carboxylic acid groups (broad SMARTS) is 1. The summed E-state index contributed by atoms with van der Waals surface area (Å²) in [5.41, 5.74) is 1.38. The molecule has 98 valence electrons. The van der Waals surface area contributed by atoms with Crippen molar-refractivity contribution in [1.82, 2.24) is 15.1 Å². The number of hydrogen-bond acceptors (Lipinski definition) is 3. The van der Waals surface area contributed by atoms with Crippen molar-refractivity contribution in [3.8, 4) is 0 Å². The Hall–Kier alpha value is -1.85. The number of aromatic amines is 1. The summed E-state index contributed by atoms with van der Waals surface area (Å²) in [6.07, 6.45) is 3.25. The number of aromatic nitrogens is 2. The molecule has 2 heterocycles. The molecular weight excluding hydrogens is 234 g/mol. The summed E-state index contributed by atoms with van der Waals surface area (Å²) in [7, 11) is 0. The first kappa shape index (κ1) is 12.6. The molecule has 2 rings (SSSR count). The number of carbonyl (C=O) groups excluding carboxylic acids is 1. The van der Waals surface area contributed by atoms with Gasteiger partial charge in [0.15, 0.2) is 0 Å². The largest absolute Gasteiger partial charge is 0.481 e. The molecule has 1 fully saturated rings. The van der Waals surface area contributed by atoms with Crippen molar-refractivity contribution in [3.63, 3.8) is 0 Å². The maximum absolute atomic E-state index is 12.2. The zero-order valence-electron chi connectivity index (χ0n) is 10.3. The lowest BCUT2D eigenvalue weighted by Gasteiger charge is -2.15. The Kier molecular flexibility index (Phi) is 3.64. The van der Waals surface area contributed by atoms with Crippen LogP contribution < -0.4 is 0 Å². The van der Waals surface area contributed by atoms with Gasteiger partial charge in [-0.1, -0.05) is 0 Å². The van der Waals surface area contributed by atoms with Crippen molar-refractivity contribution in [2.75, 3.05) is 13.1 Å². The molecule has 0 spiro atoms. The predicted molar refractivity (Wildman–Crippen MR) is 64.2 cm³/mol. The van der Waals surface area contributed by atoms with Gasteiger partial charge in [-0.2, -0.15) is 5.10 Å². The number of nitrogens with one attached hydrogen (secondary N) is 1. The molecule has 0 saturated carbocycles. The second-order valence-electron chi connectivity index (χ2n) is 4.75. The van der Waals surface area contributed by atoms with E-state index in [1.165, 1.54) is 0 Å². The van der Waals surface area contributed by atoms with Crippen molar-refractivity contribution in [2.45, 2.75) is 26.2 Å². The molecule has 0 aromatic carbocycles. The molecule has 1 aromatic rings. The number of aryl methyl sites for hydroxylation is 1. The van der Waals surface area contributed by atoms with Crippen LogP contribution in [0.2, 0.25) is 0 Å². The topological polar surface area (TPSA) is 86.3 Å². The molecule has 18 heavy (non-hydrogen) atoms. The van der Waals surface area contributed by atoms with E-state index in [0.29, 0.717) is 31.0 Å². The number of nitrogens with zero attached hydrogens (tertiary/aromatic N) is 2. The quantitative estimate of drug-likeness (QED) is 0.837. The summed E-state index contributed by atoms with van der Waals surface area (Å²) in [5.74, 6) is -0.484. The molecule has 6 heteroatoms. The van der Waals surface area contributed by atoms with Gasteiger partial charge in [-0.25, -0.2) is 0 Å². The second-order valence-corrected chi connectivity index (χ2v) is 4.75. The number of carboxylic acids is 1. The number of likely N-dealkylation sites (tertiary alicyclic amines) is 1. The van der Waals surface area contributed by atoms with Crippen molar-refractivity contribution in [3.05, 3.63) is 17.5 Å². The minimum absolute atomic E-state index is 0.0147. The Labute approximate surface area is 105 Å². The number of carbonyl (C=O) groups is 2. The monoisotopic (exact) mass is 251 g/mol. The van der Waals surface area contributed by atoms with Gasteiger partial charge in [0.25, 0.3) is 5.91 Å². The van der Waals surface area contributed by atoms with E-state index >= 15 is 0 Å². The number of amides is 1. The normalized spacial score (nSPS) is 19.2. The van der Waals surface area contributed by atoms with Gasteiger partial charge in [-0.3, -0.25) is 14.7 Å². The first-order valence-electron chi connectivity index (χ1n) is 6.09. The van der Waals surface area contributed by atoms with Crippen molar-refractivity contribution in [1.29, 1.82) is 0 Å². The fourth-order valence-electron chi connectivity index (χ4n) is 2.32. The van der Waals surface area contributed by atoms with E-state index in [9.17, 15) is 9.59 Å². The van der Waals surface area contributed by atoms with Crippen LogP contribution >= 0.6 is 0 Å². The number of rotatable bonds is 4. The molecule has 2 N–H and O–H groups in total. The fourth-order valence-corrected chi connectivity index (χ4v) is 2.32. The molecule has 1 aromatic heterocycles. The van der Waals surface area contributed by atoms with Crippen LogP contribution in [-0.2, 0) is 4.79 Å². The molecule has 1 amide bonds. The molecule has 0 aliphatic carbocycles. The maximum atomic E-state index is 12.2. The lowest BCUT2D eigenvalue weighted by molar-refractivity contribution is -0.137. The van der Waals surface area contributed by atoms with Gasteiger partial charge in [0.05, 0.1) is 11.8 Å². The summed E-state index contributed by atoms with van der Waals surface area (Å²) < 4.78 is 0. The average molecular weight is 251 g/mol. The van der Waals surface area contributed by atoms with Crippen LogP contribution in [0.3, 0.4) is 0 Å². The number of aliphatic carboxylic acids is 1. The van der Waals surface area contributed by atoms with Gasteiger partial charge >= 0.3 is 5.97 Å². The summed E-state index contributed by atoms with van der Waals surface area (Å²) in [4.78, 5) is 24.5. The summed E-state index contributed by atoms with van der Waals surface area (Å²) in [6.45, 7) is 3.17. The zero-order chi connectivity index (χ0) is 13.1. The van der Waals surface area contributed by atoms with Crippen molar-refractivity contribution < 1.29 is 14.7 Å². The molecule has 6 nitrogen and oxygen atoms in total. The van der Waals surface area contributed by atoms with E-state index in [-0.39, 0.29) is 12.3 Å². The highest BCUT2D eigenvalue weighted by Gasteiger charge is 2.28. The summed E-state index contributed by atoms with van der Waals surface area (Å²) in [5, 5.41) is 15.2. The zero-order valence-corrected chi connectivity index (χ0v) is 10.3. The highest BCUT2D eigenvalue weighted by atomic mass is 16.4. The third-order valence-electron chi connectivity index (χ3n) is 3.40. The summed E-state index contributed by atoms with van der Waals surface area (Å²) in [6, 6.07) is 0. The van der Waals surface area contributed by atoms with Crippen LogP contribution in [0.1, 0.15) is 35.3 Å². The fraction of sp³-hybridized carbons (Fsp3) is 0.583. The summed E-state index contributed by atoms with van der Waals surface area (Å²) >= 11 is 0. The van der Waals surface area contributed by atoms with E-state index in [2.05, 4.69) is 10.2 Å². The lowest BCUT2D eigenvalue weighted by atomic mass is 10.0. The van der Waals surface area contributed by atoms with E-state index in [4.69, 9.17) is 5.11 Å². The second kappa shape index (κ2) is 5.20. The van der Waals surface area contributed by atoms with Crippen LogP contribution in [0.15, 0.2) is 6.20 Å². The minimum atomic E-state index is -0.773. The van der Waals surface area contributed by atoms with Gasteiger partial charge in [0.1, 0.15) is 0 Å². The SMILES string of the molecule is Cc1[nH]ncc1C(=O)N1CCC(CCC(=O)O)C1. The molecule has 1 atom stereocenters. The van der Waals surface area contributed by atoms with Crippen LogP contribution in [-0.4, -0.2) is 45.2 Å². The van der Waals surface area contributed by atoms with E-state index < -0.39 is 5.97 Å². The van der Waals surface area contributed by atoms with E-state index in [1.54, 1.807) is 11.1 Å². The van der Waals surface area contributed by atoms with Gasteiger partial charge in [-0.15, -0.1) is 0 Å². The van der Waals surface area contributed by atoms with Crippen LogP contribution in [0.4, 0.5) is 0 Å². The molecule has 1 saturated heterocycles. The van der Waals surface area contributed by atoms with Crippen LogP contribution in [0.25, 0.3) is 0 Å². The Morgan fingerprint density at radius 2 is 2.39 bits per heavy atom. The van der Waals surface area contributed by atoms with E-state index in [1.807, 2.05) is 6.92 Å². The molecule has 1 aliphatic heterocycles. The van der Waals surface area contributed by atoms with Gasteiger partial charge < -0.3 is 10.0 Å². The third-order valence-corrected chi connectivity index (χ3v) is 3.40. The molecular formula is C12H17N3O3. The van der Waals surface area contributed by atoms with Crippen molar-refractivity contribution >= 4 is 11.9 Å². The Balaban J connectivity index is 1.91. The first-order chi connectivity index (χ1) is 8.58. The van der Waals surface area contributed by atoms with Crippen molar-refractivity contribution in [2.24, 2.45) is 5.92 Å². The minimum Gasteiger partial charge on any atom is -0.481 e. The van der Waals surface area contributed by atoms with E-state index in [0.717, 1.165) is 12.1 Å². The molecule has 0 radical (unpaired) electrons. The standard InChI is InChI=1S/C12H17N3O3/c1-8-10(6-13-14-8)12(18)15-5-4-9(7-15)2-3-11(16)17/h6,9H,2-5,7H2,1H3,(H,13,14)(H,16,17). The molecule has 0 bridgehead atoms. The maximum Gasteiger partial charge on any atom is 0.303 e. The Bertz CT molecular complexity index is 455. The smallest absolute Gasteiger partial charge is 0.303 e. The average Bonchev–Trinajstić information content (AvgIpc) is 2.94.